The van der Waals surface area contributed by atoms with E-state index in [0.717, 1.165) is 51.7 Å². The zero-order valence-electron chi connectivity index (χ0n) is 14.9. The Morgan fingerprint density at radius 1 is 0.917 bits per heavy atom. The molecule has 0 spiro atoms. The van der Waals surface area contributed by atoms with Crippen LogP contribution in [0, 0.1) is 0 Å². The van der Waals surface area contributed by atoms with Gasteiger partial charge in [-0.25, -0.2) is 0 Å². The topological polar surface area (TPSA) is 18.5 Å². The van der Waals surface area contributed by atoms with E-state index in [1.165, 1.54) is 24.8 Å². The first kappa shape index (κ1) is 19.0. The molecule has 1 aromatic carbocycles. The third kappa shape index (κ3) is 9.05. The monoisotopic (exact) mass is 328 g/mol. The van der Waals surface area contributed by atoms with Crippen LogP contribution in [0.5, 0.6) is 0 Å². The number of ether oxygens (including phenoxy) is 2. The fourth-order valence-corrected chi connectivity index (χ4v) is 2.80. The third-order valence-corrected chi connectivity index (χ3v) is 4.24. The molecule has 0 bridgehead atoms. The molecule has 2 rings (SSSR count). The van der Waals surface area contributed by atoms with E-state index in [9.17, 15) is 0 Å². The van der Waals surface area contributed by atoms with Gasteiger partial charge in [0.1, 0.15) is 0 Å². The van der Waals surface area contributed by atoms with Crippen LogP contribution >= 0.6 is 0 Å². The van der Waals surface area contributed by atoms with E-state index in [4.69, 9.17) is 9.47 Å². The number of hydrogen-bond acceptors (Lipinski definition) is 2. The lowest BCUT2D eigenvalue weighted by atomic mass is 10.1. The summed E-state index contributed by atoms with van der Waals surface area (Å²) in [5, 5.41) is 0. The van der Waals surface area contributed by atoms with Crippen LogP contribution in [0.15, 0.2) is 54.6 Å². The largest absolute Gasteiger partial charge is 0.353 e. The van der Waals surface area contributed by atoms with Gasteiger partial charge in [0.05, 0.1) is 0 Å². The van der Waals surface area contributed by atoms with Gasteiger partial charge >= 0.3 is 0 Å². The second-order valence-corrected chi connectivity index (χ2v) is 6.37. The number of rotatable bonds is 11. The standard InChI is InChI=1S/C22H32O2/c1(2-4-6-9-15-21-16-10-8-11-17-21)3-5-7-13-19-23-22-18-12-14-20-24-22/h1,3,6,8-11,16-17,22H,2,4-5,7,12-15,18-20H2/b3-1-,9-6-. The lowest BCUT2D eigenvalue weighted by molar-refractivity contribution is -0.162. The molecule has 1 atom stereocenters. The normalized spacial score (nSPS) is 18.6. The summed E-state index contributed by atoms with van der Waals surface area (Å²) in [7, 11) is 0. The molecule has 1 heterocycles. The summed E-state index contributed by atoms with van der Waals surface area (Å²) in [6, 6.07) is 10.6. The van der Waals surface area contributed by atoms with Crippen molar-refractivity contribution < 1.29 is 9.47 Å². The molecule has 2 heteroatoms. The molecule has 0 amide bonds. The van der Waals surface area contributed by atoms with Crippen LogP contribution in [0.2, 0.25) is 0 Å². The zero-order chi connectivity index (χ0) is 16.7. The molecule has 1 fully saturated rings. The molecule has 1 aromatic rings. The Morgan fingerprint density at radius 2 is 1.71 bits per heavy atom. The number of allylic oxidation sites excluding steroid dienone is 4. The second-order valence-electron chi connectivity index (χ2n) is 6.37. The van der Waals surface area contributed by atoms with Crippen molar-refractivity contribution in [2.45, 2.75) is 64.1 Å². The van der Waals surface area contributed by atoms with Crippen molar-refractivity contribution in [3.8, 4) is 0 Å². The minimum atomic E-state index is 0.0666. The van der Waals surface area contributed by atoms with Gasteiger partial charge in [0.2, 0.25) is 0 Å². The van der Waals surface area contributed by atoms with Gasteiger partial charge < -0.3 is 9.47 Å². The van der Waals surface area contributed by atoms with E-state index in [-0.39, 0.29) is 6.29 Å². The lowest BCUT2D eigenvalue weighted by Crippen LogP contribution is -2.22. The van der Waals surface area contributed by atoms with Crippen LogP contribution in [0.25, 0.3) is 0 Å². The molecule has 2 nitrogen and oxygen atoms in total. The number of hydrogen-bond donors (Lipinski definition) is 0. The fraction of sp³-hybridized carbons (Fsp3) is 0.545. The zero-order valence-corrected chi connectivity index (χ0v) is 14.9. The van der Waals surface area contributed by atoms with Crippen LogP contribution in [0.3, 0.4) is 0 Å². The van der Waals surface area contributed by atoms with Crippen LogP contribution in [0.4, 0.5) is 0 Å². The van der Waals surface area contributed by atoms with Crippen molar-refractivity contribution in [2.75, 3.05) is 13.2 Å². The molecule has 0 aliphatic carbocycles. The van der Waals surface area contributed by atoms with Crippen LogP contribution < -0.4 is 0 Å². The summed E-state index contributed by atoms with van der Waals surface area (Å²) in [5.41, 5.74) is 1.38. The third-order valence-electron chi connectivity index (χ3n) is 4.24. The van der Waals surface area contributed by atoms with E-state index in [1.54, 1.807) is 0 Å². The van der Waals surface area contributed by atoms with E-state index < -0.39 is 0 Å². The molecule has 1 aliphatic rings. The Morgan fingerprint density at radius 3 is 2.50 bits per heavy atom. The minimum Gasteiger partial charge on any atom is -0.353 e. The summed E-state index contributed by atoms with van der Waals surface area (Å²) in [6.07, 6.45) is 19.5. The van der Waals surface area contributed by atoms with E-state index in [2.05, 4.69) is 54.6 Å². The average molecular weight is 328 g/mol. The molecule has 0 saturated carbocycles. The van der Waals surface area contributed by atoms with Crippen molar-refractivity contribution in [3.05, 3.63) is 60.2 Å². The Bertz CT molecular complexity index is 458. The van der Waals surface area contributed by atoms with Crippen molar-refractivity contribution in [3.63, 3.8) is 0 Å². The molecular weight excluding hydrogens is 296 g/mol. The first-order valence-electron chi connectivity index (χ1n) is 9.52. The highest BCUT2D eigenvalue weighted by Gasteiger charge is 2.12. The van der Waals surface area contributed by atoms with Gasteiger partial charge in [0.15, 0.2) is 6.29 Å². The SMILES string of the molecule is C(=C/CCCCOC1CCCCO1)/CC/C=C\Cc1ccccc1. The highest BCUT2D eigenvalue weighted by atomic mass is 16.7. The maximum Gasteiger partial charge on any atom is 0.157 e. The van der Waals surface area contributed by atoms with Gasteiger partial charge in [-0.3, -0.25) is 0 Å². The predicted molar refractivity (Wildman–Crippen MR) is 101 cm³/mol. The van der Waals surface area contributed by atoms with Gasteiger partial charge in [-0.2, -0.15) is 0 Å². The van der Waals surface area contributed by atoms with Crippen molar-refractivity contribution in [1.82, 2.24) is 0 Å². The molecule has 132 valence electrons. The van der Waals surface area contributed by atoms with Gasteiger partial charge in [-0.15, -0.1) is 0 Å². The lowest BCUT2D eigenvalue weighted by Gasteiger charge is -2.22. The van der Waals surface area contributed by atoms with E-state index in [1.807, 2.05) is 0 Å². The predicted octanol–water partition coefficient (Wildman–Crippen LogP) is 5.84. The summed E-state index contributed by atoms with van der Waals surface area (Å²) in [4.78, 5) is 0. The van der Waals surface area contributed by atoms with Crippen LogP contribution in [-0.2, 0) is 15.9 Å². The van der Waals surface area contributed by atoms with Crippen molar-refractivity contribution >= 4 is 0 Å². The summed E-state index contributed by atoms with van der Waals surface area (Å²) >= 11 is 0. The Labute approximate surface area is 147 Å². The molecule has 24 heavy (non-hydrogen) atoms. The van der Waals surface area contributed by atoms with Crippen LogP contribution in [0.1, 0.15) is 56.9 Å². The first-order valence-corrected chi connectivity index (χ1v) is 9.52. The molecule has 0 radical (unpaired) electrons. The Hall–Kier alpha value is -1.38. The molecular formula is C22H32O2. The van der Waals surface area contributed by atoms with Gasteiger partial charge in [0, 0.05) is 13.2 Å². The molecule has 0 N–H and O–H groups in total. The van der Waals surface area contributed by atoms with Crippen molar-refractivity contribution in [1.29, 1.82) is 0 Å². The smallest absolute Gasteiger partial charge is 0.157 e. The van der Waals surface area contributed by atoms with Gasteiger partial charge in [0.25, 0.3) is 0 Å². The highest BCUT2D eigenvalue weighted by molar-refractivity contribution is 5.17. The van der Waals surface area contributed by atoms with Gasteiger partial charge in [-0.05, 0) is 63.4 Å². The van der Waals surface area contributed by atoms with E-state index in [0.29, 0.717) is 0 Å². The highest BCUT2D eigenvalue weighted by Crippen LogP contribution is 2.14. The quantitative estimate of drug-likeness (QED) is 0.375. The number of unbranched alkanes of at least 4 members (excludes halogenated alkanes) is 3. The van der Waals surface area contributed by atoms with E-state index >= 15 is 0 Å². The second kappa shape index (κ2) is 13.0. The van der Waals surface area contributed by atoms with Crippen molar-refractivity contribution in [2.24, 2.45) is 0 Å². The maximum absolute atomic E-state index is 5.74. The Balaban J connectivity index is 1.38. The van der Waals surface area contributed by atoms with Crippen LogP contribution in [-0.4, -0.2) is 19.5 Å². The molecule has 1 aliphatic heterocycles. The molecule has 0 aromatic heterocycles. The maximum atomic E-state index is 5.74. The summed E-state index contributed by atoms with van der Waals surface area (Å²) in [5.74, 6) is 0. The summed E-state index contributed by atoms with van der Waals surface area (Å²) in [6.45, 7) is 1.70. The average Bonchev–Trinajstić information content (AvgIpc) is 2.64. The number of benzene rings is 1. The first-order chi connectivity index (χ1) is 11.9. The molecule has 1 unspecified atom stereocenters. The Kier molecular flexibility index (Phi) is 10.2. The molecule has 1 saturated heterocycles. The minimum absolute atomic E-state index is 0.0666. The van der Waals surface area contributed by atoms with Gasteiger partial charge in [-0.1, -0.05) is 54.6 Å². The summed E-state index contributed by atoms with van der Waals surface area (Å²) < 4.78 is 11.3. The fourth-order valence-electron chi connectivity index (χ4n) is 2.80.